The molecule has 0 spiro atoms. The van der Waals surface area contributed by atoms with Crippen LogP contribution in [-0.4, -0.2) is 43.4 Å². The van der Waals surface area contributed by atoms with Gasteiger partial charge in [0.05, 0.1) is 18.8 Å². The monoisotopic (exact) mass is 420 g/mol. The zero-order valence-corrected chi connectivity index (χ0v) is 18.1. The Morgan fingerprint density at radius 3 is 2.90 bits per heavy atom. The minimum atomic E-state index is -0.846. The molecule has 0 bridgehead atoms. The summed E-state index contributed by atoms with van der Waals surface area (Å²) in [6.45, 7) is 8.03. The summed E-state index contributed by atoms with van der Waals surface area (Å²) in [5.41, 5.74) is 0.499. The standard InChI is InChI=1S/C19H28N6O3S/c1-12-5-6-13-15(7-12)29-16(23-13)8-21-17(26)14(9-25-11-20-10-22-25)24-18(27)28-19(2,3)4/h10-12,14H,5-9H2,1-4H3,(H,21,26)(H,24,27). The quantitative estimate of drug-likeness (QED) is 0.740. The summed E-state index contributed by atoms with van der Waals surface area (Å²) in [5, 5.41) is 10.4. The molecule has 0 radical (unpaired) electrons. The van der Waals surface area contributed by atoms with Gasteiger partial charge in [0, 0.05) is 4.88 Å². The molecule has 158 valence electrons. The van der Waals surface area contributed by atoms with E-state index in [2.05, 4.69) is 32.6 Å². The molecule has 9 nitrogen and oxygen atoms in total. The third kappa shape index (κ3) is 6.25. The third-order valence-electron chi connectivity index (χ3n) is 4.49. The van der Waals surface area contributed by atoms with E-state index >= 15 is 0 Å². The van der Waals surface area contributed by atoms with E-state index in [1.54, 1.807) is 32.1 Å². The van der Waals surface area contributed by atoms with Gasteiger partial charge in [0.2, 0.25) is 5.91 Å². The second kappa shape index (κ2) is 8.89. The van der Waals surface area contributed by atoms with Crippen molar-refractivity contribution in [2.45, 2.75) is 71.7 Å². The summed E-state index contributed by atoms with van der Waals surface area (Å²) in [7, 11) is 0. The molecule has 0 fully saturated rings. The summed E-state index contributed by atoms with van der Waals surface area (Å²) in [4.78, 5) is 34.8. The number of alkyl carbamates (subject to hydrolysis) is 1. The minimum absolute atomic E-state index is 0.150. The van der Waals surface area contributed by atoms with Crippen molar-refractivity contribution in [3.63, 3.8) is 0 Å². The van der Waals surface area contributed by atoms with Crippen LogP contribution in [0.4, 0.5) is 4.79 Å². The van der Waals surface area contributed by atoms with Gasteiger partial charge in [-0.15, -0.1) is 11.3 Å². The van der Waals surface area contributed by atoms with Gasteiger partial charge in [-0.1, -0.05) is 6.92 Å². The normalized spacial score (nSPS) is 17.3. The molecule has 1 aliphatic carbocycles. The number of hydrogen-bond donors (Lipinski definition) is 2. The zero-order chi connectivity index (χ0) is 21.0. The molecular weight excluding hydrogens is 392 g/mol. The van der Waals surface area contributed by atoms with E-state index in [0.29, 0.717) is 12.5 Å². The molecule has 2 heterocycles. The molecular formula is C19H28N6O3S. The van der Waals surface area contributed by atoms with Crippen molar-refractivity contribution in [3.8, 4) is 0 Å². The molecule has 29 heavy (non-hydrogen) atoms. The van der Waals surface area contributed by atoms with Gasteiger partial charge in [-0.05, 0) is 46.0 Å². The molecule has 0 saturated heterocycles. The first kappa shape index (κ1) is 21.2. The van der Waals surface area contributed by atoms with Gasteiger partial charge in [0.25, 0.3) is 0 Å². The van der Waals surface area contributed by atoms with E-state index in [1.807, 2.05) is 0 Å². The van der Waals surface area contributed by atoms with Gasteiger partial charge in [0.1, 0.15) is 29.3 Å². The van der Waals surface area contributed by atoms with Crippen LogP contribution in [0.3, 0.4) is 0 Å². The highest BCUT2D eigenvalue weighted by Gasteiger charge is 2.26. The second-order valence-electron chi connectivity index (χ2n) is 8.36. The Bertz CT molecular complexity index is 843. The molecule has 2 amide bonds. The van der Waals surface area contributed by atoms with Crippen LogP contribution in [-0.2, 0) is 35.5 Å². The lowest BCUT2D eigenvalue weighted by molar-refractivity contribution is -0.123. The molecule has 2 atom stereocenters. The van der Waals surface area contributed by atoms with Crippen molar-refractivity contribution >= 4 is 23.3 Å². The molecule has 0 saturated carbocycles. The molecule has 3 rings (SSSR count). The first-order valence-electron chi connectivity index (χ1n) is 9.76. The number of fused-ring (bicyclic) bond motifs is 1. The smallest absolute Gasteiger partial charge is 0.408 e. The predicted octanol–water partition coefficient (Wildman–Crippen LogP) is 2.07. The Balaban J connectivity index is 1.62. The van der Waals surface area contributed by atoms with Crippen molar-refractivity contribution < 1.29 is 14.3 Å². The molecule has 2 unspecified atom stereocenters. The Hall–Kier alpha value is -2.49. The number of ether oxygens (including phenoxy) is 1. The molecule has 1 aliphatic rings. The summed E-state index contributed by atoms with van der Waals surface area (Å²) < 4.78 is 6.77. The van der Waals surface area contributed by atoms with Crippen LogP contribution in [0.15, 0.2) is 12.7 Å². The van der Waals surface area contributed by atoms with Gasteiger partial charge >= 0.3 is 6.09 Å². The minimum Gasteiger partial charge on any atom is -0.444 e. The summed E-state index contributed by atoms with van der Waals surface area (Å²) >= 11 is 1.65. The molecule has 2 N–H and O–H groups in total. The van der Waals surface area contributed by atoms with Gasteiger partial charge in [0.15, 0.2) is 0 Å². The summed E-state index contributed by atoms with van der Waals surface area (Å²) in [6.07, 6.45) is 5.42. The van der Waals surface area contributed by atoms with E-state index in [-0.39, 0.29) is 12.5 Å². The maximum atomic E-state index is 12.8. The van der Waals surface area contributed by atoms with E-state index < -0.39 is 17.7 Å². The molecule has 0 aromatic carbocycles. The van der Waals surface area contributed by atoms with Gasteiger partial charge in [-0.2, -0.15) is 5.10 Å². The predicted molar refractivity (Wildman–Crippen MR) is 108 cm³/mol. The first-order valence-corrected chi connectivity index (χ1v) is 10.6. The Morgan fingerprint density at radius 1 is 1.41 bits per heavy atom. The number of amides is 2. The van der Waals surface area contributed by atoms with Gasteiger partial charge in [-0.3, -0.25) is 9.48 Å². The van der Waals surface area contributed by atoms with Crippen molar-refractivity contribution in [2.24, 2.45) is 5.92 Å². The van der Waals surface area contributed by atoms with E-state index in [1.165, 1.54) is 22.2 Å². The zero-order valence-electron chi connectivity index (χ0n) is 17.3. The van der Waals surface area contributed by atoms with E-state index in [4.69, 9.17) is 4.74 Å². The fourth-order valence-electron chi connectivity index (χ4n) is 3.11. The number of thiazole rings is 1. The topological polar surface area (TPSA) is 111 Å². The highest BCUT2D eigenvalue weighted by molar-refractivity contribution is 7.11. The van der Waals surface area contributed by atoms with E-state index in [0.717, 1.165) is 30.0 Å². The van der Waals surface area contributed by atoms with Crippen LogP contribution >= 0.6 is 11.3 Å². The van der Waals surface area contributed by atoms with Crippen molar-refractivity contribution in [3.05, 3.63) is 28.2 Å². The maximum absolute atomic E-state index is 12.8. The third-order valence-corrected chi connectivity index (χ3v) is 5.61. The molecule has 2 aromatic heterocycles. The van der Waals surface area contributed by atoms with Crippen molar-refractivity contribution in [1.29, 1.82) is 0 Å². The van der Waals surface area contributed by atoms with Gasteiger partial charge < -0.3 is 15.4 Å². The van der Waals surface area contributed by atoms with Crippen LogP contribution in [0.2, 0.25) is 0 Å². The average Bonchev–Trinajstić information content (AvgIpc) is 3.26. The number of nitrogens with zero attached hydrogens (tertiary/aromatic N) is 4. The highest BCUT2D eigenvalue weighted by Crippen LogP contribution is 2.29. The molecule has 10 heteroatoms. The Kier molecular flexibility index (Phi) is 6.51. The second-order valence-corrected chi connectivity index (χ2v) is 9.53. The first-order chi connectivity index (χ1) is 13.7. The number of aromatic nitrogens is 4. The maximum Gasteiger partial charge on any atom is 0.408 e. The van der Waals surface area contributed by atoms with Gasteiger partial charge in [-0.25, -0.2) is 14.8 Å². The lowest BCUT2D eigenvalue weighted by Crippen LogP contribution is -2.50. The van der Waals surface area contributed by atoms with Crippen LogP contribution in [0.1, 0.15) is 49.7 Å². The van der Waals surface area contributed by atoms with E-state index in [9.17, 15) is 9.59 Å². The van der Waals surface area contributed by atoms with Crippen molar-refractivity contribution in [2.75, 3.05) is 0 Å². The fraction of sp³-hybridized carbons (Fsp3) is 0.632. The fourth-order valence-corrected chi connectivity index (χ4v) is 4.33. The van der Waals surface area contributed by atoms with Crippen LogP contribution in [0.5, 0.6) is 0 Å². The number of hydrogen-bond acceptors (Lipinski definition) is 7. The lowest BCUT2D eigenvalue weighted by Gasteiger charge is -2.23. The largest absolute Gasteiger partial charge is 0.444 e. The Labute approximate surface area is 174 Å². The number of carbonyl (C=O) groups is 2. The van der Waals surface area contributed by atoms with Crippen LogP contribution < -0.4 is 10.6 Å². The lowest BCUT2D eigenvalue weighted by atomic mass is 9.93. The van der Waals surface area contributed by atoms with Crippen LogP contribution in [0, 0.1) is 5.92 Å². The highest BCUT2D eigenvalue weighted by atomic mass is 32.1. The number of aryl methyl sites for hydroxylation is 1. The SMILES string of the molecule is CC1CCc2nc(CNC(=O)C(Cn3cncn3)NC(=O)OC(C)(C)C)sc2C1. The summed E-state index contributed by atoms with van der Waals surface area (Å²) in [5.74, 6) is 0.350. The van der Waals surface area contributed by atoms with Crippen LogP contribution in [0.25, 0.3) is 0 Å². The number of nitrogens with one attached hydrogen (secondary N) is 2. The number of carbonyl (C=O) groups excluding carboxylic acids is 2. The average molecular weight is 421 g/mol. The summed E-state index contributed by atoms with van der Waals surface area (Å²) in [6, 6.07) is -0.846. The number of rotatable bonds is 6. The van der Waals surface area contributed by atoms with Crippen molar-refractivity contribution in [1.82, 2.24) is 30.4 Å². The molecule has 0 aliphatic heterocycles. The molecule has 2 aromatic rings. The Morgan fingerprint density at radius 2 is 2.21 bits per heavy atom.